The molecule has 2 aliphatic carbocycles. The Hall–Kier alpha value is -3.26. The van der Waals surface area contributed by atoms with Crippen molar-refractivity contribution >= 4 is 35.8 Å². The second-order valence-electron chi connectivity index (χ2n) is 9.43. The van der Waals surface area contributed by atoms with Gasteiger partial charge in [-0.2, -0.15) is 0 Å². The highest BCUT2D eigenvalue weighted by molar-refractivity contribution is 6.02. The van der Waals surface area contributed by atoms with Crippen LogP contribution in [0.25, 0.3) is 0 Å². The van der Waals surface area contributed by atoms with Crippen molar-refractivity contribution < 1.29 is 38.4 Å². The molecular weight excluding hydrogens is 488 g/mol. The average molecular weight is 525 g/mol. The molecule has 0 aromatic carbocycles. The monoisotopic (exact) mass is 524 g/mol. The molecule has 14 nitrogen and oxygen atoms in total. The first kappa shape index (κ1) is 28.3. The van der Waals surface area contributed by atoms with Crippen LogP contribution in [0.4, 0.5) is 9.59 Å². The van der Waals surface area contributed by atoms with Crippen molar-refractivity contribution in [3.05, 3.63) is 0 Å². The molecule has 2 heterocycles. The van der Waals surface area contributed by atoms with Crippen molar-refractivity contribution in [2.75, 3.05) is 14.1 Å². The van der Waals surface area contributed by atoms with Crippen LogP contribution >= 0.6 is 0 Å². The van der Waals surface area contributed by atoms with Crippen LogP contribution in [0.5, 0.6) is 0 Å². The Balaban J connectivity index is 0.000000206. The van der Waals surface area contributed by atoms with Crippen molar-refractivity contribution in [1.29, 1.82) is 0 Å². The lowest BCUT2D eigenvalue weighted by Gasteiger charge is -2.31. The SMILES string of the molecule is CNC1CCCC1NC(=O)ON1C(=O)CCC1=O.CNC1CCCCC1NC(=O)ON1C(=O)CCC1=O. The van der Waals surface area contributed by atoms with E-state index in [1.54, 1.807) is 0 Å². The number of hydrogen-bond acceptors (Lipinski definition) is 10. The number of nitrogens with one attached hydrogen (secondary N) is 4. The molecule has 0 aromatic heterocycles. The normalized spacial score (nSPS) is 27.6. The maximum atomic E-state index is 11.7. The average Bonchev–Trinajstić information content (AvgIpc) is 3.56. The summed E-state index contributed by atoms with van der Waals surface area (Å²) in [4.78, 5) is 78.0. The molecule has 0 radical (unpaired) electrons. The second kappa shape index (κ2) is 13.3. The smallest absolute Gasteiger partial charge is 0.315 e. The summed E-state index contributed by atoms with van der Waals surface area (Å²) in [5.41, 5.74) is 0. The number of amides is 6. The molecule has 0 aromatic rings. The van der Waals surface area contributed by atoms with Crippen molar-refractivity contribution in [3.63, 3.8) is 0 Å². The number of nitrogens with zero attached hydrogens (tertiary/aromatic N) is 2. The number of hydrogen-bond donors (Lipinski definition) is 4. The van der Waals surface area contributed by atoms with Crippen molar-refractivity contribution in [2.45, 2.75) is 94.8 Å². The van der Waals surface area contributed by atoms with E-state index in [0.29, 0.717) is 10.1 Å². The summed E-state index contributed by atoms with van der Waals surface area (Å²) >= 11 is 0. The molecule has 0 bridgehead atoms. The highest BCUT2D eigenvalue weighted by Crippen LogP contribution is 2.20. The molecule has 4 rings (SSSR count). The molecule has 4 aliphatic rings. The van der Waals surface area contributed by atoms with E-state index < -0.39 is 35.8 Å². The molecule has 4 unspecified atom stereocenters. The Morgan fingerprint density at radius 3 is 1.30 bits per heavy atom. The van der Waals surface area contributed by atoms with Crippen LogP contribution < -0.4 is 21.3 Å². The molecule has 14 heteroatoms. The van der Waals surface area contributed by atoms with Crippen molar-refractivity contribution in [3.8, 4) is 0 Å². The number of imide groups is 2. The third-order valence-electron chi connectivity index (χ3n) is 6.99. The number of carbonyl (C=O) groups is 6. The Morgan fingerprint density at radius 1 is 0.595 bits per heavy atom. The molecule has 6 amide bonds. The summed E-state index contributed by atoms with van der Waals surface area (Å²) in [7, 11) is 3.69. The van der Waals surface area contributed by atoms with Crippen LogP contribution in [0, 0.1) is 0 Å². The number of carbonyl (C=O) groups excluding carboxylic acids is 6. The van der Waals surface area contributed by atoms with Gasteiger partial charge in [0.05, 0.1) is 0 Å². The first-order valence-electron chi connectivity index (χ1n) is 12.8. The summed E-state index contributed by atoms with van der Waals surface area (Å²) in [5.74, 6) is -1.86. The minimum Gasteiger partial charge on any atom is -0.315 e. The second-order valence-corrected chi connectivity index (χ2v) is 9.43. The van der Waals surface area contributed by atoms with Crippen LogP contribution in [0.3, 0.4) is 0 Å². The van der Waals surface area contributed by atoms with E-state index in [4.69, 9.17) is 9.68 Å². The van der Waals surface area contributed by atoms with Gasteiger partial charge in [0.1, 0.15) is 0 Å². The Kier molecular flexibility index (Phi) is 10.2. The lowest BCUT2D eigenvalue weighted by atomic mass is 9.90. The molecule has 2 aliphatic heterocycles. The standard InChI is InChI=1S/C12H19N3O4.C11H17N3O4/c1-13-8-4-2-3-5-9(8)14-12(18)19-15-10(16)6-7-11(15)17;1-12-7-3-2-4-8(7)13-11(17)18-14-9(15)5-6-10(14)16/h8-9,13H,2-7H2,1H3,(H,14,18);7-8,12H,2-6H2,1H3,(H,13,17). The summed E-state index contributed by atoms with van der Waals surface area (Å²) in [6.45, 7) is 0. The Bertz CT molecular complexity index is 866. The van der Waals surface area contributed by atoms with E-state index in [2.05, 4.69) is 21.3 Å². The Morgan fingerprint density at radius 2 is 0.919 bits per heavy atom. The summed E-state index contributed by atoms with van der Waals surface area (Å²) in [6, 6.07) is 0.364. The predicted octanol–water partition coefficient (Wildman–Crippen LogP) is 0.224. The van der Waals surface area contributed by atoms with Gasteiger partial charge in [-0.1, -0.05) is 12.8 Å². The molecule has 37 heavy (non-hydrogen) atoms. The van der Waals surface area contributed by atoms with Gasteiger partial charge >= 0.3 is 12.2 Å². The lowest BCUT2D eigenvalue weighted by molar-refractivity contribution is -0.172. The first-order valence-corrected chi connectivity index (χ1v) is 12.8. The van der Waals surface area contributed by atoms with E-state index in [1.165, 1.54) is 0 Å². The Labute approximate surface area is 215 Å². The van der Waals surface area contributed by atoms with E-state index >= 15 is 0 Å². The van der Waals surface area contributed by atoms with Gasteiger partial charge in [0.25, 0.3) is 23.6 Å². The maximum absolute atomic E-state index is 11.7. The minimum absolute atomic E-state index is 0.0182. The van der Waals surface area contributed by atoms with Crippen LogP contribution in [-0.4, -0.2) is 84.2 Å². The summed E-state index contributed by atoms with van der Waals surface area (Å²) in [6.07, 6.45) is 5.84. The fourth-order valence-electron chi connectivity index (χ4n) is 4.96. The van der Waals surface area contributed by atoms with Gasteiger partial charge in [0.15, 0.2) is 0 Å². The summed E-state index contributed by atoms with van der Waals surface area (Å²) < 4.78 is 0. The van der Waals surface area contributed by atoms with E-state index in [9.17, 15) is 28.8 Å². The summed E-state index contributed by atoms with van der Waals surface area (Å²) in [5, 5.41) is 12.8. The highest BCUT2D eigenvalue weighted by Gasteiger charge is 2.35. The lowest BCUT2D eigenvalue weighted by Crippen LogP contribution is -2.51. The maximum Gasteiger partial charge on any atom is 0.432 e. The van der Waals surface area contributed by atoms with Crippen molar-refractivity contribution in [2.24, 2.45) is 0 Å². The first-order chi connectivity index (χ1) is 17.7. The molecule has 206 valence electrons. The quantitative estimate of drug-likeness (QED) is 0.352. The van der Waals surface area contributed by atoms with Gasteiger partial charge < -0.3 is 30.9 Å². The molecule has 4 atom stereocenters. The van der Waals surface area contributed by atoms with E-state index in [1.807, 2.05) is 14.1 Å². The minimum atomic E-state index is -0.745. The zero-order chi connectivity index (χ0) is 26.9. The predicted molar refractivity (Wildman–Crippen MR) is 127 cm³/mol. The van der Waals surface area contributed by atoms with E-state index in [0.717, 1.165) is 44.9 Å². The van der Waals surface area contributed by atoms with E-state index in [-0.39, 0.29) is 49.9 Å². The molecule has 2 saturated carbocycles. The van der Waals surface area contributed by atoms with Gasteiger partial charge in [0, 0.05) is 49.9 Å². The third kappa shape index (κ3) is 7.61. The zero-order valence-electron chi connectivity index (χ0n) is 21.2. The fraction of sp³-hybridized carbons (Fsp3) is 0.739. The van der Waals surface area contributed by atoms with Gasteiger partial charge in [-0.05, 0) is 46.2 Å². The van der Waals surface area contributed by atoms with Gasteiger partial charge in [-0.15, -0.1) is 10.1 Å². The highest BCUT2D eigenvalue weighted by atomic mass is 16.7. The zero-order valence-corrected chi connectivity index (χ0v) is 21.2. The van der Waals surface area contributed by atoms with Crippen LogP contribution in [0.15, 0.2) is 0 Å². The van der Waals surface area contributed by atoms with Gasteiger partial charge in [0.2, 0.25) is 0 Å². The third-order valence-corrected chi connectivity index (χ3v) is 6.99. The largest absolute Gasteiger partial charge is 0.432 e. The van der Waals surface area contributed by atoms with Crippen molar-refractivity contribution in [1.82, 2.24) is 31.4 Å². The van der Waals surface area contributed by atoms with Crippen LogP contribution in [-0.2, 0) is 28.9 Å². The molecule has 2 saturated heterocycles. The molecule has 4 fully saturated rings. The number of rotatable bonds is 6. The number of likely N-dealkylation sites (N-methyl/N-ethyl adjacent to an activating group) is 2. The molecule has 0 spiro atoms. The van der Waals surface area contributed by atoms with Gasteiger partial charge in [-0.3, -0.25) is 19.2 Å². The molecule has 4 N–H and O–H groups in total. The topological polar surface area (TPSA) is 175 Å². The fourth-order valence-corrected chi connectivity index (χ4v) is 4.96. The van der Waals surface area contributed by atoms with Gasteiger partial charge in [-0.25, -0.2) is 9.59 Å². The number of hydroxylamine groups is 4. The molecular formula is C23H36N6O8. The van der Waals surface area contributed by atoms with Crippen LogP contribution in [0.2, 0.25) is 0 Å². The van der Waals surface area contributed by atoms with Crippen LogP contribution in [0.1, 0.15) is 70.6 Å².